The Kier molecular flexibility index (Phi) is 6.50. The fraction of sp³-hybridized carbons (Fsp3) is 0.652. The Morgan fingerprint density at radius 2 is 1.00 bits per heavy atom. The minimum atomic E-state index is 0.689. The zero-order valence-corrected chi connectivity index (χ0v) is 16.3. The molecule has 0 fully saturated rings. The zero-order valence-electron chi connectivity index (χ0n) is 16.3. The lowest BCUT2D eigenvalue weighted by Crippen LogP contribution is -2.05. The average molecular weight is 313 g/mol. The van der Waals surface area contributed by atoms with Gasteiger partial charge in [0.25, 0.3) is 0 Å². The summed E-state index contributed by atoms with van der Waals surface area (Å²) in [5.74, 6) is 1.38. The highest BCUT2D eigenvalue weighted by atomic mass is 14.3. The molecule has 0 N–H and O–H groups in total. The average Bonchev–Trinajstić information content (AvgIpc) is 3.11. The van der Waals surface area contributed by atoms with E-state index in [9.17, 15) is 0 Å². The van der Waals surface area contributed by atoms with E-state index in [0.717, 1.165) is 0 Å². The van der Waals surface area contributed by atoms with E-state index >= 15 is 0 Å². The second-order valence-corrected chi connectivity index (χ2v) is 7.01. The first-order chi connectivity index (χ1) is 11.1. The van der Waals surface area contributed by atoms with E-state index in [1.165, 1.54) is 44.9 Å². The molecule has 0 heterocycles. The van der Waals surface area contributed by atoms with Gasteiger partial charge in [0, 0.05) is 0 Å². The molecule has 0 aromatic rings. The second-order valence-electron chi connectivity index (χ2n) is 7.01. The Morgan fingerprint density at radius 3 is 1.26 bits per heavy atom. The molecule has 0 saturated heterocycles. The van der Waals surface area contributed by atoms with E-state index < -0.39 is 0 Å². The summed E-state index contributed by atoms with van der Waals surface area (Å²) in [5.41, 5.74) is 10.1. The van der Waals surface area contributed by atoms with Gasteiger partial charge < -0.3 is 0 Å². The summed E-state index contributed by atoms with van der Waals surface area (Å²) in [6.07, 6.45) is 13.7. The molecule has 0 heteroatoms. The van der Waals surface area contributed by atoms with Gasteiger partial charge in [-0.15, -0.1) is 0 Å². The van der Waals surface area contributed by atoms with Gasteiger partial charge in [0.1, 0.15) is 0 Å². The molecule has 0 aromatic heterocycles. The van der Waals surface area contributed by atoms with Crippen LogP contribution in [0.3, 0.4) is 0 Å². The molecule has 2 rings (SSSR count). The molecular formula is C23H36. The fourth-order valence-electron chi connectivity index (χ4n) is 4.73. The van der Waals surface area contributed by atoms with Crippen molar-refractivity contribution in [1.82, 2.24) is 0 Å². The van der Waals surface area contributed by atoms with Crippen LogP contribution in [0, 0.1) is 11.8 Å². The minimum absolute atomic E-state index is 0.689. The molecule has 0 nitrogen and oxygen atoms in total. The van der Waals surface area contributed by atoms with Crippen LogP contribution < -0.4 is 0 Å². The highest BCUT2D eigenvalue weighted by Crippen LogP contribution is 2.45. The highest BCUT2D eigenvalue weighted by molar-refractivity contribution is 5.51. The molecule has 0 saturated carbocycles. The van der Waals surface area contributed by atoms with Crippen molar-refractivity contribution in [2.45, 2.75) is 86.5 Å². The van der Waals surface area contributed by atoms with E-state index in [1.807, 2.05) is 0 Å². The SMILES string of the molecule is CCC1=CC(CC)C(CC2=C(CC)C(CC)=CC2CC)=C1CC. The van der Waals surface area contributed by atoms with E-state index in [-0.39, 0.29) is 0 Å². The predicted octanol–water partition coefficient (Wildman–Crippen LogP) is 7.54. The van der Waals surface area contributed by atoms with Crippen LogP contribution in [-0.4, -0.2) is 0 Å². The van der Waals surface area contributed by atoms with Crippen LogP contribution in [0.1, 0.15) is 86.5 Å². The fourth-order valence-corrected chi connectivity index (χ4v) is 4.73. The first-order valence-corrected chi connectivity index (χ1v) is 10.0. The maximum absolute atomic E-state index is 2.57. The maximum atomic E-state index is 2.57. The van der Waals surface area contributed by atoms with Gasteiger partial charge in [0.05, 0.1) is 0 Å². The maximum Gasteiger partial charge on any atom is -0.00108 e. The zero-order chi connectivity index (χ0) is 17.0. The van der Waals surface area contributed by atoms with E-state index in [1.54, 1.807) is 33.4 Å². The number of rotatable bonds is 8. The van der Waals surface area contributed by atoms with Crippen LogP contribution in [-0.2, 0) is 0 Å². The summed E-state index contributed by atoms with van der Waals surface area (Å²) in [7, 11) is 0. The lowest BCUT2D eigenvalue weighted by atomic mass is 9.84. The third-order valence-electron chi connectivity index (χ3n) is 5.98. The quantitative estimate of drug-likeness (QED) is 0.434. The van der Waals surface area contributed by atoms with Gasteiger partial charge in [-0.3, -0.25) is 0 Å². The Hall–Kier alpha value is -1.04. The molecule has 0 spiro atoms. The molecular weight excluding hydrogens is 276 g/mol. The third-order valence-corrected chi connectivity index (χ3v) is 5.98. The van der Waals surface area contributed by atoms with Crippen molar-refractivity contribution in [1.29, 1.82) is 0 Å². The normalized spacial score (nSPS) is 24.6. The smallest absolute Gasteiger partial charge is 0.00108 e. The van der Waals surface area contributed by atoms with Crippen LogP contribution in [0.2, 0.25) is 0 Å². The van der Waals surface area contributed by atoms with Gasteiger partial charge in [-0.1, -0.05) is 64.8 Å². The minimum Gasteiger partial charge on any atom is -0.0738 e. The van der Waals surface area contributed by atoms with Crippen LogP contribution in [0.15, 0.2) is 45.6 Å². The molecule has 2 unspecified atom stereocenters. The number of hydrogen-bond acceptors (Lipinski definition) is 0. The Morgan fingerprint density at radius 1 is 0.609 bits per heavy atom. The van der Waals surface area contributed by atoms with Gasteiger partial charge in [0.2, 0.25) is 0 Å². The summed E-state index contributed by atoms with van der Waals surface area (Å²) < 4.78 is 0. The largest absolute Gasteiger partial charge is 0.0738 e. The summed E-state index contributed by atoms with van der Waals surface area (Å²) in [6.45, 7) is 14.0. The molecule has 2 aliphatic rings. The molecule has 2 atom stereocenters. The number of hydrogen-bond donors (Lipinski definition) is 0. The Bertz CT molecular complexity index is 501. The van der Waals surface area contributed by atoms with Crippen molar-refractivity contribution in [2.75, 3.05) is 0 Å². The van der Waals surface area contributed by atoms with Gasteiger partial charge in [-0.05, 0) is 79.1 Å². The summed E-state index contributed by atoms with van der Waals surface area (Å²) in [4.78, 5) is 0. The molecule has 0 bridgehead atoms. The molecule has 0 amide bonds. The first-order valence-electron chi connectivity index (χ1n) is 10.0. The molecule has 2 aliphatic carbocycles. The second kappa shape index (κ2) is 8.18. The van der Waals surface area contributed by atoms with E-state index in [4.69, 9.17) is 0 Å². The topological polar surface area (TPSA) is 0 Å². The van der Waals surface area contributed by atoms with Crippen LogP contribution in [0.25, 0.3) is 0 Å². The number of allylic oxidation sites excluding steroid dienone is 8. The van der Waals surface area contributed by atoms with Gasteiger partial charge in [0.15, 0.2) is 0 Å². The van der Waals surface area contributed by atoms with Crippen molar-refractivity contribution in [3.8, 4) is 0 Å². The third kappa shape index (κ3) is 3.42. The predicted molar refractivity (Wildman–Crippen MR) is 104 cm³/mol. The monoisotopic (exact) mass is 312 g/mol. The van der Waals surface area contributed by atoms with Crippen LogP contribution in [0.4, 0.5) is 0 Å². The molecule has 0 aliphatic heterocycles. The molecule has 128 valence electrons. The summed E-state index contributed by atoms with van der Waals surface area (Å²) >= 11 is 0. The molecule has 23 heavy (non-hydrogen) atoms. The lowest BCUT2D eigenvalue weighted by Gasteiger charge is -2.20. The lowest BCUT2D eigenvalue weighted by molar-refractivity contribution is 0.661. The van der Waals surface area contributed by atoms with Gasteiger partial charge in [-0.2, -0.15) is 0 Å². The van der Waals surface area contributed by atoms with E-state index in [2.05, 4.69) is 53.7 Å². The molecule has 0 radical (unpaired) electrons. The molecule has 0 aromatic carbocycles. The van der Waals surface area contributed by atoms with Crippen molar-refractivity contribution >= 4 is 0 Å². The summed E-state index contributed by atoms with van der Waals surface area (Å²) in [5, 5.41) is 0. The van der Waals surface area contributed by atoms with E-state index in [0.29, 0.717) is 11.8 Å². The van der Waals surface area contributed by atoms with Crippen molar-refractivity contribution in [3.05, 3.63) is 45.6 Å². The van der Waals surface area contributed by atoms with Gasteiger partial charge in [-0.25, -0.2) is 0 Å². The van der Waals surface area contributed by atoms with Crippen LogP contribution >= 0.6 is 0 Å². The first kappa shape index (κ1) is 18.3. The van der Waals surface area contributed by atoms with Crippen molar-refractivity contribution in [2.24, 2.45) is 11.8 Å². The van der Waals surface area contributed by atoms with Crippen LogP contribution in [0.5, 0.6) is 0 Å². The summed E-state index contributed by atoms with van der Waals surface area (Å²) in [6, 6.07) is 0. The van der Waals surface area contributed by atoms with Gasteiger partial charge >= 0.3 is 0 Å². The Labute approximate surface area is 144 Å². The van der Waals surface area contributed by atoms with Crippen molar-refractivity contribution in [3.63, 3.8) is 0 Å². The standard InChI is InChI=1S/C23H36/c1-7-16-13-18(9-3)22(20(16)11-5)15-23-19(10-4)14-17(8-2)21(23)12-6/h13-14,18-19H,7-12,15H2,1-6H3. The highest BCUT2D eigenvalue weighted by Gasteiger charge is 2.29. The van der Waals surface area contributed by atoms with Crippen molar-refractivity contribution < 1.29 is 0 Å². The Balaban J connectivity index is 2.39.